The monoisotopic (exact) mass is 562 g/mol. The molecule has 11 nitrogen and oxygen atoms in total. The zero-order chi connectivity index (χ0) is 28.8. The first-order valence-electron chi connectivity index (χ1n) is 13.6. The number of aromatic nitrogens is 2. The molecule has 1 saturated carbocycles. The predicted octanol–water partition coefficient (Wildman–Crippen LogP) is 4.06. The van der Waals surface area contributed by atoms with Gasteiger partial charge in [0.15, 0.2) is 23.0 Å². The van der Waals surface area contributed by atoms with Crippen LogP contribution in [0.5, 0.6) is 28.7 Å². The predicted molar refractivity (Wildman–Crippen MR) is 148 cm³/mol. The van der Waals surface area contributed by atoms with Crippen molar-refractivity contribution in [3.63, 3.8) is 0 Å². The lowest BCUT2D eigenvalue weighted by Crippen LogP contribution is -2.47. The number of fused-ring (bicyclic) bond motifs is 1. The van der Waals surface area contributed by atoms with Gasteiger partial charge in [0.2, 0.25) is 18.4 Å². The minimum atomic E-state index is -1.06. The fourth-order valence-corrected chi connectivity index (χ4v) is 5.33. The molecule has 0 spiro atoms. The molecule has 1 aromatic heterocycles. The SMILES string of the molecule is COc1cc(C(C(=O)NC2CCCCC2)N(Cc2ccc3c(c2)OCO3)C(=O)c2cnccn2)cc(OC)c1OC. The Hall–Kier alpha value is -4.54. The molecule has 11 heteroatoms. The van der Waals surface area contributed by atoms with Gasteiger partial charge in [-0.2, -0.15) is 0 Å². The topological polar surface area (TPSA) is 121 Å². The quantitative estimate of drug-likeness (QED) is 0.390. The first-order valence-corrected chi connectivity index (χ1v) is 13.6. The van der Waals surface area contributed by atoms with Crippen molar-refractivity contribution in [2.24, 2.45) is 0 Å². The number of nitrogens with one attached hydrogen (secondary N) is 1. The van der Waals surface area contributed by atoms with E-state index in [4.69, 9.17) is 23.7 Å². The van der Waals surface area contributed by atoms with Crippen molar-refractivity contribution < 1.29 is 33.3 Å². The third kappa shape index (κ3) is 6.13. The molecule has 1 fully saturated rings. The number of carbonyl (C=O) groups is 2. The van der Waals surface area contributed by atoms with Crippen LogP contribution < -0.4 is 29.0 Å². The molecule has 2 heterocycles. The van der Waals surface area contributed by atoms with E-state index in [0.717, 1.165) is 37.7 Å². The highest BCUT2D eigenvalue weighted by Gasteiger charge is 2.36. The number of nitrogens with zero attached hydrogens (tertiary/aromatic N) is 3. The fourth-order valence-electron chi connectivity index (χ4n) is 5.33. The van der Waals surface area contributed by atoms with E-state index in [1.807, 2.05) is 12.1 Å². The number of rotatable bonds is 10. The summed E-state index contributed by atoms with van der Waals surface area (Å²) >= 11 is 0. The van der Waals surface area contributed by atoms with Crippen molar-refractivity contribution in [2.75, 3.05) is 28.1 Å². The summed E-state index contributed by atoms with van der Waals surface area (Å²) in [6.45, 7) is 0.199. The van der Waals surface area contributed by atoms with Crippen LogP contribution in [0, 0.1) is 0 Å². The Kier molecular flexibility index (Phi) is 8.71. The Morgan fingerprint density at radius 2 is 1.71 bits per heavy atom. The number of benzene rings is 2. The minimum Gasteiger partial charge on any atom is -0.493 e. The van der Waals surface area contributed by atoms with E-state index in [0.29, 0.717) is 34.3 Å². The van der Waals surface area contributed by atoms with Crippen molar-refractivity contribution in [1.82, 2.24) is 20.2 Å². The molecule has 41 heavy (non-hydrogen) atoms. The summed E-state index contributed by atoms with van der Waals surface area (Å²) in [7, 11) is 4.53. The third-order valence-electron chi connectivity index (χ3n) is 7.35. The van der Waals surface area contributed by atoms with Crippen molar-refractivity contribution in [2.45, 2.75) is 50.7 Å². The van der Waals surface area contributed by atoms with Gasteiger partial charge >= 0.3 is 0 Å². The second kappa shape index (κ2) is 12.8. The number of carbonyl (C=O) groups excluding carboxylic acids is 2. The molecule has 1 atom stereocenters. The van der Waals surface area contributed by atoms with Gasteiger partial charge in [-0.3, -0.25) is 14.6 Å². The lowest BCUT2D eigenvalue weighted by Gasteiger charge is -2.33. The molecule has 1 aliphatic heterocycles. The zero-order valence-electron chi connectivity index (χ0n) is 23.4. The van der Waals surface area contributed by atoms with Gasteiger partial charge < -0.3 is 33.9 Å². The molecule has 216 valence electrons. The number of hydrogen-bond donors (Lipinski definition) is 1. The highest BCUT2D eigenvalue weighted by molar-refractivity contribution is 5.96. The number of hydrogen-bond acceptors (Lipinski definition) is 9. The highest BCUT2D eigenvalue weighted by Crippen LogP contribution is 2.42. The van der Waals surface area contributed by atoms with Gasteiger partial charge in [0.25, 0.3) is 5.91 Å². The van der Waals surface area contributed by atoms with E-state index in [-0.39, 0.29) is 31.0 Å². The van der Waals surface area contributed by atoms with Crippen molar-refractivity contribution in [3.8, 4) is 28.7 Å². The van der Waals surface area contributed by atoms with Gasteiger partial charge in [-0.05, 0) is 48.2 Å². The minimum absolute atomic E-state index is 0.0137. The average molecular weight is 563 g/mol. The molecular weight excluding hydrogens is 528 g/mol. The van der Waals surface area contributed by atoms with Crippen LogP contribution in [0.4, 0.5) is 0 Å². The maximum absolute atomic E-state index is 14.2. The molecule has 2 aromatic carbocycles. The van der Waals surface area contributed by atoms with Gasteiger partial charge in [-0.15, -0.1) is 0 Å². The normalized spacial score (nSPS) is 15.1. The third-order valence-corrected chi connectivity index (χ3v) is 7.35. The van der Waals surface area contributed by atoms with Gasteiger partial charge in [-0.25, -0.2) is 4.98 Å². The van der Waals surface area contributed by atoms with Gasteiger partial charge in [0, 0.05) is 25.0 Å². The van der Waals surface area contributed by atoms with E-state index < -0.39 is 11.9 Å². The zero-order valence-corrected chi connectivity index (χ0v) is 23.4. The van der Waals surface area contributed by atoms with Crippen molar-refractivity contribution >= 4 is 11.8 Å². The molecule has 1 N–H and O–H groups in total. The van der Waals surface area contributed by atoms with Crippen LogP contribution in [0.15, 0.2) is 48.9 Å². The molecular formula is C30H34N4O7. The lowest BCUT2D eigenvalue weighted by molar-refractivity contribution is -0.127. The fraction of sp³-hybridized carbons (Fsp3) is 0.400. The molecule has 0 saturated heterocycles. The summed E-state index contributed by atoms with van der Waals surface area (Å²) in [4.78, 5) is 38.2. The molecule has 0 bridgehead atoms. The molecule has 2 aliphatic rings. The second-order valence-electron chi connectivity index (χ2n) is 9.92. The number of ether oxygens (including phenoxy) is 5. The van der Waals surface area contributed by atoms with Crippen molar-refractivity contribution in [3.05, 3.63) is 65.7 Å². The average Bonchev–Trinajstić information content (AvgIpc) is 3.49. The summed E-state index contributed by atoms with van der Waals surface area (Å²) in [6, 6.07) is 7.79. The van der Waals surface area contributed by atoms with Gasteiger partial charge in [-0.1, -0.05) is 25.3 Å². The Morgan fingerprint density at radius 1 is 0.976 bits per heavy atom. The number of amides is 2. The van der Waals surface area contributed by atoms with Crippen LogP contribution in [0.1, 0.15) is 59.8 Å². The largest absolute Gasteiger partial charge is 0.493 e. The summed E-state index contributed by atoms with van der Waals surface area (Å²) in [5.41, 5.74) is 1.34. The van der Waals surface area contributed by atoms with Crippen LogP contribution in [-0.4, -0.2) is 60.8 Å². The molecule has 2 amide bonds. The van der Waals surface area contributed by atoms with Crippen molar-refractivity contribution in [1.29, 1.82) is 0 Å². The van der Waals surface area contributed by atoms with E-state index in [1.54, 1.807) is 18.2 Å². The molecule has 1 aliphatic carbocycles. The second-order valence-corrected chi connectivity index (χ2v) is 9.92. The Bertz CT molecular complexity index is 1350. The smallest absolute Gasteiger partial charge is 0.275 e. The Balaban J connectivity index is 1.62. The van der Waals surface area contributed by atoms with E-state index in [9.17, 15) is 9.59 Å². The van der Waals surface area contributed by atoms with Crippen LogP contribution in [0.2, 0.25) is 0 Å². The summed E-state index contributed by atoms with van der Waals surface area (Å²) in [5, 5.41) is 3.21. The van der Waals surface area contributed by atoms with E-state index >= 15 is 0 Å². The Morgan fingerprint density at radius 3 is 2.37 bits per heavy atom. The number of methoxy groups -OCH3 is 3. The molecule has 3 aromatic rings. The molecule has 0 radical (unpaired) electrons. The van der Waals surface area contributed by atoms with Crippen LogP contribution in [0.25, 0.3) is 0 Å². The van der Waals surface area contributed by atoms with Crippen LogP contribution in [-0.2, 0) is 11.3 Å². The first-order chi connectivity index (χ1) is 20.0. The molecule has 1 unspecified atom stereocenters. The standard InChI is InChI=1S/C30H34N4O7/c1-37-25-14-20(15-26(38-2)28(25)39-3)27(29(35)33-21-7-5-4-6-8-21)34(30(36)22-16-31-11-12-32-22)17-19-9-10-23-24(13-19)41-18-40-23/h9-16,21,27H,4-8,17-18H2,1-3H3,(H,33,35). The Labute approximate surface area is 238 Å². The maximum Gasteiger partial charge on any atom is 0.275 e. The van der Waals surface area contributed by atoms with E-state index in [2.05, 4.69) is 15.3 Å². The summed E-state index contributed by atoms with van der Waals surface area (Å²) < 4.78 is 27.7. The first kappa shape index (κ1) is 28.0. The molecule has 5 rings (SSSR count). The van der Waals surface area contributed by atoms with Crippen LogP contribution in [0.3, 0.4) is 0 Å². The summed E-state index contributed by atoms with van der Waals surface area (Å²) in [5.74, 6) is 1.53. The van der Waals surface area contributed by atoms with Gasteiger partial charge in [0.05, 0.1) is 27.5 Å². The van der Waals surface area contributed by atoms with Crippen LogP contribution >= 0.6 is 0 Å². The lowest BCUT2D eigenvalue weighted by atomic mass is 9.94. The highest BCUT2D eigenvalue weighted by atomic mass is 16.7. The van der Waals surface area contributed by atoms with E-state index in [1.165, 1.54) is 44.8 Å². The summed E-state index contributed by atoms with van der Waals surface area (Å²) in [6.07, 6.45) is 9.32. The maximum atomic E-state index is 14.2. The van der Waals surface area contributed by atoms with Gasteiger partial charge in [0.1, 0.15) is 11.7 Å².